The molecule has 1 N–H and O–H groups in total. The maximum absolute atomic E-state index is 13.7. The zero-order chi connectivity index (χ0) is 34.7. The standard InChI is InChI=1S/C32H30O16/c1-14(33)42-13-24-27(43-15(2)34)29(44-16(3)35)30(45-17(4)36)32(48-24)46-19-6-7-20-22(12-19)47-28(31(38)39)25(26(20)37)18-5-8-21-23(11-18)41-10-9-40-21/h5-8,11-12,24,27,29-30,32H,9-10,13H2,1-4H3,(H,38,39)/t24-,27-,29+,30+,32-/m1/s1. The van der Waals surface area contributed by atoms with Crippen molar-refractivity contribution in [2.24, 2.45) is 0 Å². The third-order valence-electron chi connectivity index (χ3n) is 7.09. The second-order valence-corrected chi connectivity index (χ2v) is 10.6. The summed E-state index contributed by atoms with van der Waals surface area (Å²) < 4.78 is 50.0. The molecule has 0 spiro atoms. The van der Waals surface area contributed by atoms with Crippen LogP contribution in [0.15, 0.2) is 45.6 Å². The molecule has 5 rings (SSSR count). The molecule has 1 fully saturated rings. The highest BCUT2D eigenvalue weighted by molar-refractivity contribution is 5.97. The van der Waals surface area contributed by atoms with Crippen molar-refractivity contribution in [3.63, 3.8) is 0 Å². The Morgan fingerprint density at radius 2 is 1.44 bits per heavy atom. The molecule has 1 aromatic heterocycles. The molecule has 0 unspecified atom stereocenters. The number of benzene rings is 2. The highest BCUT2D eigenvalue weighted by Gasteiger charge is 2.53. The van der Waals surface area contributed by atoms with Gasteiger partial charge in [-0.15, -0.1) is 0 Å². The van der Waals surface area contributed by atoms with Crippen LogP contribution in [0.25, 0.3) is 22.1 Å². The van der Waals surface area contributed by atoms with Gasteiger partial charge in [-0.1, -0.05) is 6.07 Å². The van der Waals surface area contributed by atoms with Crippen molar-refractivity contribution in [2.75, 3.05) is 19.8 Å². The fourth-order valence-corrected chi connectivity index (χ4v) is 5.28. The van der Waals surface area contributed by atoms with Crippen LogP contribution in [0.3, 0.4) is 0 Å². The molecule has 16 nitrogen and oxygen atoms in total. The lowest BCUT2D eigenvalue weighted by Gasteiger charge is -2.43. The molecule has 254 valence electrons. The Bertz CT molecular complexity index is 1830. The van der Waals surface area contributed by atoms with E-state index in [-0.39, 0.29) is 34.5 Å². The van der Waals surface area contributed by atoms with E-state index < -0.39 is 78.3 Å². The van der Waals surface area contributed by atoms with Crippen LogP contribution in [0.2, 0.25) is 0 Å². The Labute approximate surface area is 271 Å². The lowest BCUT2D eigenvalue weighted by Crippen LogP contribution is -2.63. The molecule has 0 bridgehead atoms. The van der Waals surface area contributed by atoms with E-state index in [1.165, 1.54) is 30.3 Å². The van der Waals surface area contributed by atoms with Gasteiger partial charge in [0, 0.05) is 33.8 Å². The molecule has 3 aromatic rings. The second-order valence-electron chi connectivity index (χ2n) is 10.6. The van der Waals surface area contributed by atoms with Crippen LogP contribution in [0.4, 0.5) is 0 Å². The van der Waals surface area contributed by atoms with Gasteiger partial charge >= 0.3 is 29.8 Å². The van der Waals surface area contributed by atoms with Crippen molar-refractivity contribution in [3.05, 3.63) is 52.4 Å². The number of rotatable bonds is 9. The average molecular weight is 671 g/mol. The minimum atomic E-state index is -1.58. The molecule has 0 aliphatic carbocycles. The molecule has 48 heavy (non-hydrogen) atoms. The topological polar surface area (TPSA) is 210 Å². The highest BCUT2D eigenvalue weighted by atomic mass is 16.7. The summed E-state index contributed by atoms with van der Waals surface area (Å²) in [5.41, 5.74) is -0.837. The Morgan fingerprint density at radius 3 is 2.08 bits per heavy atom. The molecular weight excluding hydrogens is 640 g/mol. The summed E-state index contributed by atoms with van der Waals surface area (Å²) in [6.45, 7) is 4.51. The van der Waals surface area contributed by atoms with Gasteiger partial charge < -0.3 is 47.4 Å². The SMILES string of the molecule is CC(=O)OC[C@H]1O[C@@H](Oc2ccc3c(=O)c(-c4ccc5c(c4)OCCO5)c(C(=O)O)oc3c2)[C@@H](OC(C)=O)[C@@H](OC(C)=O)[C@@H]1OC(C)=O. The van der Waals surface area contributed by atoms with Crippen LogP contribution in [-0.4, -0.2) is 85.5 Å². The summed E-state index contributed by atoms with van der Waals surface area (Å²) >= 11 is 0. The van der Waals surface area contributed by atoms with Crippen molar-refractivity contribution in [2.45, 2.75) is 58.4 Å². The van der Waals surface area contributed by atoms with E-state index in [0.717, 1.165) is 27.7 Å². The predicted octanol–water partition coefficient (Wildman–Crippen LogP) is 2.39. The zero-order valence-electron chi connectivity index (χ0n) is 26.0. The molecule has 2 aliphatic rings. The lowest BCUT2D eigenvalue weighted by atomic mass is 9.98. The summed E-state index contributed by atoms with van der Waals surface area (Å²) in [4.78, 5) is 73.8. The van der Waals surface area contributed by atoms with Gasteiger partial charge in [0.2, 0.25) is 23.6 Å². The molecule has 1 saturated heterocycles. The van der Waals surface area contributed by atoms with Crippen molar-refractivity contribution in [1.29, 1.82) is 0 Å². The fourth-order valence-electron chi connectivity index (χ4n) is 5.28. The molecule has 0 amide bonds. The van der Waals surface area contributed by atoms with Crippen LogP contribution in [-0.2, 0) is 42.9 Å². The van der Waals surface area contributed by atoms with Gasteiger partial charge in [-0.2, -0.15) is 0 Å². The zero-order valence-corrected chi connectivity index (χ0v) is 26.0. The van der Waals surface area contributed by atoms with E-state index in [4.69, 9.17) is 42.3 Å². The van der Waals surface area contributed by atoms with Crippen LogP contribution in [0.1, 0.15) is 38.2 Å². The summed E-state index contributed by atoms with van der Waals surface area (Å²) in [5, 5.41) is 10.0. The van der Waals surface area contributed by atoms with Crippen molar-refractivity contribution < 1.29 is 71.4 Å². The molecule has 5 atom stereocenters. The average Bonchev–Trinajstić information content (AvgIpc) is 3.01. The first-order valence-electron chi connectivity index (χ1n) is 14.5. The summed E-state index contributed by atoms with van der Waals surface area (Å²) in [6, 6.07) is 8.45. The van der Waals surface area contributed by atoms with E-state index in [0.29, 0.717) is 18.1 Å². The monoisotopic (exact) mass is 670 g/mol. The van der Waals surface area contributed by atoms with Crippen molar-refractivity contribution >= 4 is 40.8 Å². The van der Waals surface area contributed by atoms with E-state index in [2.05, 4.69) is 0 Å². The summed E-state index contributed by atoms with van der Waals surface area (Å²) in [6.07, 6.45) is -7.27. The highest BCUT2D eigenvalue weighted by Crippen LogP contribution is 2.36. The van der Waals surface area contributed by atoms with E-state index in [9.17, 15) is 33.9 Å². The minimum Gasteiger partial charge on any atom is -0.486 e. The Hall–Kier alpha value is -5.64. The smallest absolute Gasteiger partial charge is 0.372 e. The van der Waals surface area contributed by atoms with Crippen molar-refractivity contribution in [1.82, 2.24) is 0 Å². The fraction of sp³-hybridized carbons (Fsp3) is 0.375. The normalized spacial score (nSPS) is 21.5. The van der Waals surface area contributed by atoms with Gasteiger partial charge in [0.15, 0.2) is 23.7 Å². The Kier molecular flexibility index (Phi) is 9.84. The minimum absolute atomic E-state index is 0.00113. The molecule has 2 aromatic carbocycles. The van der Waals surface area contributed by atoms with Gasteiger partial charge in [0.25, 0.3) is 0 Å². The second kappa shape index (κ2) is 14.0. The maximum Gasteiger partial charge on any atom is 0.372 e. The number of hydrogen-bond acceptors (Lipinski definition) is 15. The number of carboxylic acid groups (broad SMARTS) is 1. The quantitative estimate of drug-likeness (QED) is 0.256. The van der Waals surface area contributed by atoms with Crippen LogP contribution in [0.5, 0.6) is 17.2 Å². The number of fused-ring (bicyclic) bond motifs is 2. The molecule has 0 saturated carbocycles. The van der Waals surface area contributed by atoms with Gasteiger partial charge in [-0.3, -0.25) is 24.0 Å². The van der Waals surface area contributed by atoms with E-state index in [1.807, 2.05) is 0 Å². The van der Waals surface area contributed by atoms with E-state index in [1.54, 1.807) is 6.07 Å². The predicted molar refractivity (Wildman–Crippen MR) is 158 cm³/mol. The lowest BCUT2D eigenvalue weighted by molar-refractivity contribution is -0.288. The number of aromatic carboxylic acids is 1. The van der Waals surface area contributed by atoms with Gasteiger partial charge in [0.1, 0.15) is 37.3 Å². The third kappa shape index (κ3) is 7.33. The maximum atomic E-state index is 13.7. The number of esters is 4. The third-order valence-corrected chi connectivity index (χ3v) is 7.09. The molecular formula is C32H30O16. The largest absolute Gasteiger partial charge is 0.486 e. The first kappa shape index (κ1) is 33.7. The van der Waals surface area contributed by atoms with Crippen molar-refractivity contribution in [3.8, 4) is 28.4 Å². The number of carbonyl (C=O) groups is 5. The Morgan fingerprint density at radius 1 is 0.792 bits per heavy atom. The van der Waals surface area contributed by atoms with Crippen LogP contribution >= 0.6 is 0 Å². The van der Waals surface area contributed by atoms with Gasteiger partial charge in [-0.05, 0) is 29.8 Å². The number of carboxylic acids is 1. The van der Waals surface area contributed by atoms with Gasteiger partial charge in [-0.25, -0.2) is 4.79 Å². The molecule has 16 heteroatoms. The first-order chi connectivity index (χ1) is 22.8. The number of ether oxygens (including phenoxy) is 8. The van der Waals surface area contributed by atoms with Gasteiger partial charge in [0.05, 0.1) is 10.9 Å². The Balaban J connectivity index is 1.55. The first-order valence-corrected chi connectivity index (χ1v) is 14.5. The summed E-state index contributed by atoms with van der Waals surface area (Å²) in [5.74, 6) is -4.63. The van der Waals surface area contributed by atoms with E-state index >= 15 is 0 Å². The molecule has 3 heterocycles. The number of hydrogen-bond donors (Lipinski definition) is 1. The van der Waals surface area contributed by atoms with Crippen LogP contribution in [0, 0.1) is 0 Å². The molecule has 0 radical (unpaired) electrons. The molecule has 2 aliphatic heterocycles. The summed E-state index contributed by atoms with van der Waals surface area (Å²) in [7, 11) is 0. The number of carbonyl (C=O) groups excluding carboxylic acids is 4. The van der Waals surface area contributed by atoms with Crippen LogP contribution < -0.4 is 19.6 Å².